The summed E-state index contributed by atoms with van der Waals surface area (Å²) in [7, 11) is 3.31. The molecule has 1 aromatic carbocycles. The first-order chi connectivity index (χ1) is 14.7. The van der Waals surface area contributed by atoms with Crippen molar-refractivity contribution >= 4 is 29.9 Å². The van der Waals surface area contributed by atoms with Crippen LogP contribution in [-0.4, -0.2) is 57.8 Å². The SMILES string of the molecule is CCNC(=NCC(c1ccco1)N1CCCC1)NCCc1ccc(OC)c(OC)c1.I. The zero-order valence-electron chi connectivity index (χ0n) is 18.7. The Kier molecular flexibility index (Phi) is 11.0. The van der Waals surface area contributed by atoms with Crippen molar-refractivity contribution < 1.29 is 13.9 Å². The molecule has 0 bridgehead atoms. The molecule has 2 aromatic rings. The first kappa shape index (κ1) is 25.3. The average Bonchev–Trinajstić information content (AvgIpc) is 3.48. The number of likely N-dealkylation sites (tertiary alicyclic amines) is 1. The highest BCUT2D eigenvalue weighted by Gasteiger charge is 2.25. The number of guanidine groups is 1. The van der Waals surface area contributed by atoms with Crippen molar-refractivity contribution in [1.82, 2.24) is 15.5 Å². The van der Waals surface area contributed by atoms with Crippen LogP contribution < -0.4 is 20.1 Å². The minimum Gasteiger partial charge on any atom is -0.493 e. The van der Waals surface area contributed by atoms with Crippen molar-refractivity contribution in [3.8, 4) is 11.5 Å². The number of methoxy groups -OCH3 is 2. The highest BCUT2D eigenvalue weighted by Crippen LogP contribution is 2.28. The zero-order chi connectivity index (χ0) is 21.2. The van der Waals surface area contributed by atoms with E-state index in [1.165, 1.54) is 18.4 Å². The van der Waals surface area contributed by atoms with Gasteiger partial charge in [0.05, 0.1) is 33.1 Å². The maximum absolute atomic E-state index is 5.71. The lowest BCUT2D eigenvalue weighted by Crippen LogP contribution is -2.39. The standard InChI is InChI=1S/C23H34N4O3.HI/c1-4-24-23(25-12-11-18-9-10-21(28-2)22(16-18)29-3)26-17-19(20-8-7-15-30-20)27-13-5-6-14-27;/h7-10,15-16,19H,4-6,11-14,17H2,1-3H3,(H2,24,25,26);1H. The molecule has 1 saturated heterocycles. The fourth-order valence-corrected chi connectivity index (χ4v) is 3.80. The number of furan rings is 1. The van der Waals surface area contributed by atoms with Crippen molar-refractivity contribution in [3.63, 3.8) is 0 Å². The van der Waals surface area contributed by atoms with Crippen molar-refractivity contribution in [2.75, 3.05) is 46.9 Å². The lowest BCUT2D eigenvalue weighted by Gasteiger charge is -2.24. The van der Waals surface area contributed by atoms with Gasteiger partial charge in [-0.1, -0.05) is 6.07 Å². The molecule has 1 unspecified atom stereocenters. The highest BCUT2D eigenvalue weighted by molar-refractivity contribution is 14.0. The van der Waals surface area contributed by atoms with Gasteiger partial charge in [-0.15, -0.1) is 24.0 Å². The molecule has 1 fully saturated rings. The quantitative estimate of drug-likeness (QED) is 0.270. The molecule has 1 aromatic heterocycles. The molecule has 1 aliphatic heterocycles. The van der Waals surface area contributed by atoms with E-state index in [9.17, 15) is 0 Å². The van der Waals surface area contributed by atoms with Gasteiger partial charge in [-0.25, -0.2) is 0 Å². The van der Waals surface area contributed by atoms with E-state index in [4.69, 9.17) is 18.9 Å². The molecule has 31 heavy (non-hydrogen) atoms. The Labute approximate surface area is 202 Å². The molecule has 1 atom stereocenters. The summed E-state index contributed by atoms with van der Waals surface area (Å²) in [6.07, 6.45) is 5.09. The van der Waals surface area contributed by atoms with E-state index < -0.39 is 0 Å². The minimum absolute atomic E-state index is 0. The maximum atomic E-state index is 5.71. The van der Waals surface area contributed by atoms with Gasteiger partial charge in [0.15, 0.2) is 17.5 Å². The fourth-order valence-electron chi connectivity index (χ4n) is 3.80. The number of nitrogens with one attached hydrogen (secondary N) is 2. The Morgan fingerprint density at radius 1 is 1.13 bits per heavy atom. The number of aliphatic imine (C=N–C) groups is 1. The smallest absolute Gasteiger partial charge is 0.191 e. The summed E-state index contributed by atoms with van der Waals surface area (Å²) >= 11 is 0. The number of nitrogens with zero attached hydrogens (tertiary/aromatic N) is 2. The molecule has 0 spiro atoms. The maximum Gasteiger partial charge on any atom is 0.191 e. The van der Waals surface area contributed by atoms with Gasteiger partial charge in [-0.3, -0.25) is 9.89 Å². The van der Waals surface area contributed by atoms with Crippen molar-refractivity contribution in [3.05, 3.63) is 47.9 Å². The summed E-state index contributed by atoms with van der Waals surface area (Å²) in [6, 6.07) is 10.2. The third-order valence-electron chi connectivity index (χ3n) is 5.37. The van der Waals surface area contributed by atoms with Gasteiger partial charge in [-0.2, -0.15) is 0 Å². The molecular weight excluding hydrogens is 507 g/mol. The first-order valence-corrected chi connectivity index (χ1v) is 10.8. The molecule has 2 heterocycles. The molecular formula is C23H35IN4O3. The number of benzene rings is 1. The molecule has 0 saturated carbocycles. The Bertz CT molecular complexity index is 792. The fraction of sp³-hybridized carbons (Fsp3) is 0.522. The number of hydrogen-bond acceptors (Lipinski definition) is 5. The number of halogens is 1. The Morgan fingerprint density at radius 2 is 1.90 bits per heavy atom. The van der Waals surface area contributed by atoms with Crippen LogP contribution in [0, 0.1) is 0 Å². The van der Waals surface area contributed by atoms with Gasteiger partial charge < -0.3 is 24.5 Å². The second-order valence-corrected chi connectivity index (χ2v) is 7.36. The summed E-state index contributed by atoms with van der Waals surface area (Å²) in [5.74, 6) is 3.31. The van der Waals surface area contributed by atoms with E-state index in [0.717, 1.165) is 55.8 Å². The van der Waals surface area contributed by atoms with Crippen LogP contribution in [-0.2, 0) is 6.42 Å². The van der Waals surface area contributed by atoms with Gasteiger partial charge in [0, 0.05) is 13.1 Å². The topological polar surface area (TPSA) is 71.3 Å². The van der Waals surface area contributed by atoms with E-state index in [2.05, 4.69) is 34.6 Å². The van der Waals surface area contributed by atoms with Gasteiger partial charge in [-0.05, 0) is 69.1 Å². The Hall–Kier alpha value is -1.94. The Balaban J connectivity index is 0.00000341. The number of ether oxygens (including phenoxy) is 2. The van der Waals surface area contributed by atoms with Crippen LogP contribution >= 0.6 is 24.0 Å². The minimum atomic E-state index is 0. The molecule has 2 N–H and O–H groups in total. The predicted octanol–water partition coefficient (Wildman–Crippen LogP) is 3.85. The monoisotopic (exact) mass is 542 g/mol. The lowest BCUT2D eigenvalue weighted by atomic mass is 10.1. The molecule has 0 amide bonds. The normalized spacial score (nSPS) is 15.3. The zero-order valence-corrected chi connectivity index (χ0v) is 21.1. The molecule has 7 nitrogen and oxygen atoms in total. The molecule has 172 valence electrons. The van der Waals surface area contributed by atoms with Crippen LogP contribution in [0.15, 0.2) is 46.0 Å². The molecule has 0 aliphatic carbocycles. The summed E-state index contributed by atoms with van der Waals surface area (Å²) in [6.45, 7) is 6.54. The van der Waals surface area contributed by atoms with E-state index in [1.807, 2.05) is 18.2 Å². The van der Waals surface area contributed by atoms with Crippen LogP contribution in [0.4, 0.5) is 0 Å². The molecule has 1 aliphatic rings. The third-order valence-corrected chi connectivity index (χ3v) is 5.37. The predicted molar refractivity (Wildman–Crippen MR) is 135 cm³/mol. The average molecular weight is 542 g/mol. The second-order valence-electron chi connectivity index (χ2n) is 7.36. The van der Waals surface area contributed by atoms with E-state index >= 15 is 0 Å². The van der Waals surface area contributed by atoms with Crippen LogP contribution in [0.5, 0.6) is 11.5 Å². The van der Waals surface area contributed by atoms with Crippen LogP contribution in [0.2, 0.25) is 0 Å². The van der Waals surface area contributed by atoms with E-state index in [1.54, 1.807) is 20.5 Å². The summed E-state index contributed by atoms with van der Waals surface area (Å²) in [4.78, 5) is 7.32. The number of hydrogen-bond donors (Lipinski definition) is 2. The van der Waals surface area contributed by atoms with Crippen LogP contribution in [0.1, 0.15) is 37.1 Å². The first-order valence-electron chi connectivity index (χ1n) is 10.8. The largest absolute Gasteiger partial charge is 0.493 e. The molecule has 0 radical (unpaired) electrons. The van der Waals surface area contributed by atoms with Gasteiger partial charge in [0.1, 0.15) is 5.76 Å². The lowest BCUT2D eigenvalue weighted by molar-refractivity contribution is 0.221. The summed E-state index contributed by atoms with van der Waals surface area (Å²) < 4.78 is 16.4. The third kappa shape index (κ3) is 7.31. The number of rotatable bonds is 10. The van der Waals surface area contributed by atoms with Gasteiger partial charge in [0.2, 0.25) is 0 Å². The van der Waals surface area contributed by atoms with Gasteiger partial charge in [0.25, 0.3) is 0 Å². The molecule has 3 rings (SSSR count). The summed E-state index contributed by atoms with van der Waals surface area (Å²) in [5, 5.41) is 6.79. The Morgan fingerprint density at radius 3 is 2.55 bits per heavy atom. The van der Waals surface area contributed by atoms with Crippen LogP contribution in [0.25, 0.3) is 0 Å². The molecule has 8 heteroatoms. The summed E-state index contributed by atoms with van der Waals surface area (Å²) in [5.41, 5.74) is 1.18. The highest BCUT2D eigenvalue weighted by atomic mass is 127. The van der Waals surface area contributed by atoms with E-state index in [-0.39, 0.29) is 30.0 Å². The van der Waals surface area contributed by atoms with Crippen molar-refractivity contribution in [2.24, 2.45) is 4.99 Å². The van der Waals surface area contributed by atoms with Crippen molar-refractivity contribution in [1.29, 1.82) is 0 Å². The van der Waals surface area contributed by atoms with Crippen LogP contribution in [0.3, 0.4) is 0 Å². The second kappa shape index (κ2) is 13.5. The van der Waals surface area contributed by atoms with Gasteiger partial charge >= 0.3 is 0 Å². The van der Waals surface area contributed by atoms with E-state index in [0.29, 0.717) is 6.54 Å². The van der Waals surface area contributed by atoms with Crippen molar-refractivity contribution in [2.45, 2.75) is 32.2 Å².